The average Bonchev–Trinajstić information content (AvgIpc) is 2.65. The highest BCUT2D eigenvalue weighted by Crippen LogP contribution is 2.16. The van der Waals surface area contributed by atoms with Gasteiger partial charge in [-0.05, 0) is 25.5 Å². The molecule has 1 aromatic heterocycles. The maximum Gasteiger partial charge on any atom is 0.261 e. The lowest BCUT2D eigenvalue weighted by Gasteiger charge is -2.00. The number of sulfonamides is 1. The quantitative estimate of drug-likeness (QED) is 0.798. The van der Waals surface area contributed by atoms with Crippen LogP contribution in [0.2, 0.25) is 0 Å². The van der Waals surface area contributed by atoms with Crippen LogP contribution in [0, 0.1) is 0 Å². The number of thiophene rings is 1. The van der Waals surface area contributed by atoms with Gasteiger partial charge in [0.2, 0.25) is 10.0 Å². The Bertz CT molecular complexity index is 479. The lowest BCUT2D eigenvalue weighted by atomic mass is 10.3. The first-order valence-corrected chi connectivity index (χ1v) is 7.94. The van der Waals surface area contributed by atoms with E-state index in [1.807, 2.05) is 13.0 Å². The van der Waals surface area contributed by atoms with Gasteiger partial charge in [-0.25, -0.2) is 13.1 Å². The third-order valence-electron chi connectivity index (χ3n) is 1.96. The SMILES string of the molecule is CCNC(=O)c1ccc(CCNS(C)(=O)=O)s1. The summed E-state index contributed by atoms with van der Waals surface area (Å²) in [6.07, 6.45) is 1.72. The molecule has 1 aromatic rings. The van der Waals surface area contributed by atoms with Gasteiger partial charge < -0.3 is 5.32 Å². The fourth-order valence-electron chi connectivity index (χ4n) is 1.24. The van der Waals surface area contributed by atoms with Crippen LogP contribution in [0.25, 0.3) is 0 Å². The summed E-state index contributed by atoms with van der Waals surface area (Å²) in [4.78, 5) is 13.1. The summed E-state index contributed by atoms with van der Waals surface area (Å²) in [5, 5.41) is 2.72. The molecular weight excluding hydrogens is 260 g/mol. The Hall–Kier alpha value is -0.920. The van der Waals surface area contributed by atoms with Gasteiger partial charge in [-0.1, -0.05) is 0 Å². The Morgan fingerprint density at radius 2 is 2.12 bits per heavy atom. The van der Waals surface area contributed by atoms with Crippen molar-refractivity contribution in [1.82, 2.24) is 10.0 Å². The largest absolute Gasteiger partial charge is 0.352 e. The molecule has 1 rings (SSSR count). The highest BCUT2D eigenvalue weighted by atomic mass is 32.2. The van der Waals surface area contributed by atoms with Crippen LogP contribution in [0.15, 0.2) is 12.1 Å². The predicted octanol–water partition coefficient (Wildman–Crippen LogP) is 0.590. The first kappa shape index (κ1) is 14.1. The van der Waals surface area contributed by atoms with Gasteiger partial charge in [-0.15, -0.1) is 11.3 Å². The van der Waals surface area contributed by atoms with Gasteiger partial charge >= 0.3 is 0 Å². The number of hydrogen-bond acceptors (Lipinski definition) is 4. The molecule has 0 radical (unpaired) electrons. The fraction of sp³-hybridized carbons (Fsp3) is 0.500. The summed E-state index contributed by atoms with van der Waals surface area (Å²) < 4.78 is 24.1. The van der Waals surface area contributed by atoms with E-state index >= 15 is 0 Å². The molecule has 7 heteroatoms. The molecule has 1 heterocycles. The highest BCUT2D eigenvalue weighted by Gasteiger charge is 2.08. The zero-order valence-electron chi connectivity index (χ0n) is 9.82. The van der Waals surface area contributed by atoms with Gasteiger partial charge in [0.25, 0.3) is 5.91 Å². The highest BCUT2D eigenvalue weighted by molar-refractivity contribution is 7.88. The van der Waals surface area contributed by atoms with Crippen molar-refractivity contribution < 1.29 is 13.2 Å². The van der Waals surface area contributed by atoms with Crippen molar-refractivity contribution in [1.29, 1.82) is 0 Å². The number of amides is 1. The molecule has 0 aliphatic carbocycles. The molecule has 0 aromatic carbocycles. The Balaban J connectivity index is 2.49. The molecular formula is C10H16N2O3S2. The van der Waals surface area contributed by atoms with Crippen molar-refractivity contribution in [2.24, 2.45) is 0 Å². The first-order valence-electron chi connectivity index (χ1n) is 5.24. The maximum absolute atomic E-state index is 11.5. The lowest BCUT2D eigenvalue weighted by molar-refractivity contribution is 0.0960. The zero-order chi connectivity index (χ0) is 12.9. The average molecular weight is 276 g/mol. The maximum atomic E-state index is 11.5. The van der Waals surface area contributed by atoms with E-state index < -0.39 is 10.0 Å². The van der Waals surface area contributed by atoms with Gasteiger partial charge in [-0.3, -0.25) is 4.79 Å². The topological polar surface area (TPSA) is 75.3 Å². The van der Waals surface area contributed by atoms with Crippen LogP contribution in [0.4, 0.5) is 0 Å². The van der Waals surface area contributed by atoms with E-state index in [0.717, 1.165) is 11.1 Å². The molecule has 0 aliphatic heterocycles. The van der Waals surface area contributed by atoms with Crippen molar-refractivity contribution in [3.05, 3.63) is 21.9 Å². The number of hydrogen-bond donors (Lipinski definition) is 2. The van der Waals surface area contributed by atoms with Gasteiger partial charge in [0.15, 0.2) is 0 Å². The molecule has 0 atom stereocenters. The van der Waals surface area contributed by atoms with Gasteiger partial charge in [-0.2, -0.15) is 0 Å². The van der Waals surface area contributed by atoms with E-state index in [2.05, 4.69) is 10.0 Å². The number of carbonyl (C=O) groups excluding carboxylic acids is 1. The molecule has 0 saturated heterocycles. The Morgan fingerprint density at radius 1 is 1.41 bits per heavy atom. The molecule has 0 bridgehead atoms. The molecule has 96 valence electrons. The third-order valence-corrected chi connectivity index (χ3v) is 3.83. The minimum Gasteiger partial charge on any atom is -0.352 e. The Kier molecular flexibility index (Phi) is 5.10. The summed E-state index contributed by atoms with van der Waals surface area (Å²) in [6.45, 7) is 2.82. The summed E-state index contributed by atoms with van der Waals surface area (Å²) in [6, 6.07) is 3.60. The second-order valence-corrected chi connectivity index (χ2v) is 6.54. The van der Waals surface area contributed by atoms with Crippen molar-refractivity contribution in [3.8, 4) is 0 Å². The molecule has 0 unspecified atom stereocenters. The van der Waals surface area contributed by atoms with E-state index in [1.54, 1.807) is 6.07 Å². The van der Waals surface area contributed by atoms with E-state index in [0.29, 0.717) is 24.4 Å². The molecule has 17 heavy (non-hydrogen) atoms. The second kappa shape index (κ2) is 6.13. The summed E-state index contributed by atoms with van der Waals surface area (Å²) in [5.41, 5.74) is 0. The van der Waals surface area contributed by atoms with E-state index in [4.69, 9.17) is 0 Å². The minimum atomic E-state index is -3.14. The summed E-state index contributed by atoms with van der Waals surface area (Å²) in [7, 11) is -3.14. The fourth-order valence-corrected chi connectivity index (χ4v) is 2.64. The Morgan fingerprint density at radius 3 is 2.71 bits per heavy atom. The number of rotatable bonds is 6. The molecule has 0 saturated carbocycles. The van der Waals surface area contributed by atoms with Crippen molar-refractivity contribution >= 4 is 27.3 Å². The van der Waals surface area contributed by atoms with E-state index in [1.165, 1.54) is 11.3 Å². The summed E-state index contributed by atoms with van der Waals surface area (Å²) in [5.74, 6) is -0.0835. The third kappa shape index (κ3) is 5.29. The smallest absolute Gasteiger partial charge is 0.261 e. The summed E-state index contributed by atoms with van der Waals surface area (Å²) >= 11 is 1.38. The van der Waals surface area contributed by atoms with Crippen LogP contribution in [-0.4, -0.2) is 33.7 Å². The van der Waals surface area contributed by atoms with Gasteiger partial charge in [0, 0.05) is 18.0 Å². The van der Waals surface area contributed by atoms with Crippen LogP contribution in [0.5, 0.6) is 0 Å². The normalized spacial score (nSPS) is 11.4. The molecule has 2 N–H and O–H groups in total. The van der Waals surface area contributed by atoms with Crippen LogP contribution < -0.4 is 10.0 Å². The van der Waals surface area contributed by atoms with Gasteiger partial charge in [0.05, 0.1) is 11.1 Å². The monoisotopic (exact) mass is 276 g/mol. The number of nitrogens with one attached hydrogen (secondary N) is 2. The number of carbonyl (C=O) groups is 1. The molecule has 0 spiro atoms. The molecule has 0 fully saturated rings. The minimum absolute atomic E-state index is 0.0835. The zero-order valence-corrected chi connectivity index (χ0v) is 11.5. The van der Waals surface area contributed by atoms with Crippen LogP contribution in [0.3, 0.4) is 0 Å². The predicted molar refractivity (Wildman–Crippen MR) is 68.9 cm³/mol. The molecule has 5 nitrogen and oxygen atoms in total. The first-order chi connectivity index (χ1) is 7.92. The van der Waals surface area contributed by atoms with Crippen LogP contribution >= 0.6 is 11.3 Å². The Labute approximate surface area is 105 Å². The van der Waals surface area contributed by atoms with E-state index in [9.17, 15) is 13.2 Å². The standard InChI is InChI=1S/C10H16N2O3S2/c1-3-11-10(13)9-5-4-8(16-9)6-7-12-17(2,14)15/h4-5,12H,3,6-7H2,1-2H3,(H,11,13). The van der Waals surface area contributed by atoms with E-state index in [-0.39, 0.29) is 5.91 Å². The van der Waals surface area contributed by atoms with Crippen LogP contribution in [0.1, 0.15) is 21.5 Å². The second-order valence-electron chi connectivity index (χ2n) is 3.54. The molecule has 1 amide bonds. The van der Waals surface area contributed by atoms with Crippen molar-refractivity contribution in [2.45, 2.75) is 13.3 Å². The van der Waals surface area contributed by atoms with Crippen LogP contribution in [-0.2, 0) is 16.4 Å². The lowest BCUT2D eigenvalue weighted by Crippen LogP contribution is -2.24. The molecule has 0 aliphatic rings. The van der Waals surface area contributed by atoms with Crippen molar-refractivity contribution in [2.75, 3.05) is 19.3 Å². The van der Waals surface area contributed by atoms with Crippen molar-refractivity contribution in [3.63, 3.8) is 0 Å². The van der Waals surface area contributed by atoms with Gasteiger partial charge in [0.1, 0.15) is 0 Å².